The molecule has 0 aromatic heterocycles. The molecule has 1 aromatic rings. The van der Waals surface area contributed by atoms with Gasteiger partial charge in [-0.1, -0.05) is 24.3 Å². The summed E-state index contributed by atoms with van der Waals surface area (Å²) in [6, 6.07) is 6.91. The third kappa shape index (κ3) is 2.40. The van der Waals surface area contributed by atoms with Crippen molar-refractivity contribution in [1.82, 2.24) is 0 Å². The molecule has 1 aliphatic heterocycles. The largest absolute Gasteiger partial charge is 0.494 e. The Bertz CT molecular complexity index is 365. The number of hydrogen-bond acceptors (Lipinski definition) is 3. The van der Waals surface area contributed by atoms with Crippen LogP contribution in [0.3, 0.4) is 0 Å². The number of carbonyl (C=O) groups excluding carboxylic acids is 1. The second kappa shape index (κ2) is 4.35. The first-order valence-corrected chi connectivity index (χ1v) is 5.11. The van der Waals surface area contributed by atoms with Crippen LogP contribution in [0.5, 0.6) is 0 Å². The van der Waals surface area contributed by atoms with Crippen LogP contribution < -0.4 is 5.46 Å². The molecule has 1 unspecified atom stereocenters. The highest BCUT2D eigenvalue weighted by atomic mass is 35.5. The Morgan fingerprint density at radius 3 is 2.60 bits per heavy atom. The summed E-state index contributed by atoms with van der Waals surface area (Å²) >= 11 is 5.34. The van der Waals surface area contributed by atoms with Crippen LogP contribution in [0.15, 0.2) is 24.3 Å². The second-order valence-corrected chi connectivity index (χ2v) is 3.85. The van der Waals surface area contributed by atoms with Crippen LogP contribution in [0.25, 0.3) is 0 Å². The van der Waals surface area contributed by atoms with Crippen LogP contribution in [-0.4, -0.2) is 25.1 Å². The Balaban J connectivity index is 2.13. The summed E-state index contributed by atoms with van der Waals surface area (Å²) in [6.07, 6.45) is 0.115. The first-order valence-electron chi connectivity index (χ1n) is 4.73. The molecule has 78 valence electrons. The van der Waals surface area contributed by atoms with Gasteiger partial charge in [0.1, 0.15) is 0 Å². The van der Waals surface area contributed by atoms with Gasteiger partial charge in [-0.15, -0.1) is 0 Å². The molecule has 1 atom stereocenters. The summed E-state index contributed by atoms with van der Waals surface area (Å²) in [5.41, 5.74) is 1.38. The Labute approximate surface area is 93.5 Å². The van der Waals surface area contributed by atoms with Crippen molar-refractivity contribution in [1.29, 1.82) is 0 Å². The van der Waals surface area contributed by atoms with Crippen LogP contribution in [0.4, 0.5) is 0 Å². The fourth-order valence-corrected chi connectivity index (χ4v) is 1.58. The maximum atomic E-state index is 10.8. The molecule has 5 heteroatoms. The molecular weight excluding hydrogens is 214 g/mol. The number of halogens is 1. The summed E-state index contributed by atoms with van der Waals surface area (Å²) < 4.78 is 10.9. The molecular formula is C10H10BClO3. The molecule has 3 nitrogen and oxygen atoms in total. The topological polar surface area (TPSA) is 35.5 Å². The van der Waals surface area contributed by atoms with E-state index in [1.807, 2.05) is 6.92 Å². The highest BCUT2D eigenvalue weighted by molar-refractivity contribution is 6.68. The zero-order chi connectivity index (χ0) is 10.8. The van der Waals surface area contributed by atoms with Crippen molar-refractivity contribution in [2.45, 2.75) is 13.0 Å². The van der Waals surface area contributed by atoms with Gasteiger partial charge in [0.15, 0.2) is 0 Å². The van der Waals surface area contributed by atoms with Crippen molar-refractivity contribution in [3.05, 3.63) is 29.8 Å². The van der Waals surface area contributed by atoms with E-state index in [1.165, 1.54) is 0 Å². The summed E-state index contributed by atoms with van der Waals surface area (Å²) in [7, 11) is -0.320. The van der Waals surface area contributed by atoms with E-state index in [2.05, 4.69) is 0 Å². The lowest BCUT2D eigenvalue weighted by Gasteiger charge is -2.05. The number of rotatable bonds is 2. The lowest BCUT2D eigenvalue weighted by molar-refractivity contribution is 0.108. The van der Waals surface area contributed by atoms with E-state index in [-0.39, 0.29) is 13.2 Å². The van der Waals surface area contributed by atoms with Gasteiger partial charge in [0.25, 0.3) is 5.24 Å². The van der Waals surface area contributed by atoms with E-state index in [1.54, 1.807) is 24.3 Å². The summed E-state index contributed by atoms with van der Waals surface area (Å²) in [4.78, 5) is 10.8. The second-order valence-electron chi connectivity index (χ2n) is 3.51. The fraction of sp³-hybridized carbons (Fsp3) is 0.300. The Hall–Kier alpha value is -0.835. The van der Waals surface area contributed by atoms with Crippen molar-refractivity contribution >= 4 is 29.4 Å². The van der Waals surface area contributed by atoms with Crippen LogP contribution in [-0.2, 0) is 9.31 Å². The van der Waals surface area contributed by atoms with Crippen molar-refractivity contribution < 1.29 is 14.1 Å². The SMILES string of the molecule is CC1COB(c2ccc(C(=O)Cl)cc2)O1. The Kier molecular flexibility index (Phi) is 3.10. The molecule has 1 fully saturated rings. The molecule has 0 bridgehead atoms. The monoisotopic (exact) mass is 224 g/mol. The maximum Gasteiger partial charge on any atom is 0.494 e. The minimum absolute atomic E-state index is 0.115. The van der Waals surface area contributed by atoms with Gasteiger partial charge in [-0.05, 0) is 24.0 Å². The first-order chi connectivity index (χ1) is 7.16. The maximum absolute atomic E-state index is 10.8. The van der Waals surface area contributed by atoms with Crippen LogP contribution >= 0.6 is 11.6 Å². The molecule has 0 amide bonds. The third-order valence-electron chi connectivity index (χ3n) is 2.25. The molecule has 0 aliphatic carbocycles. The lowest BCUT2D eigenvalue weighted by atomic mass is 9.79. The van der Waals surface area contributed by atoms with Crippen LogP contribution in [0.1, 0.15) is 17.3 Å². The van der Waals surface area contributed by atoms with Gasteiger partial charge in [0.2, 0.25) is 0 Å². The molecule has 1 saturated heterocycles. The molecule has 1 aromatic carbocycles. The van der Waals surface area contributed by atoms with Gasteiger partial charge in [-0.3, -0.25) is 4.79 Å². The molecule has 15 heavy (non-hydrogen) atoms. The zero-order valence-electron chi connectivity index (χ0n) is 8.27. The molecule has 0 radical (unpaired) electrons. The van der Waals surface area contributed by atoms with Gasteiger partial charge >= 0.3 is 7.12 Å². The van der Waals surface area contributed by atoms with Crippen LogP contribution in [0, 0.1) is 0 Å². The highest BCUT2D eigenvalue weighted by Gasteiger charge is 2.30. The minimum Gasteiger partial charge on any atom is -0.405 e. The molecule has 2 rings (SSSR count). The summed E-state index contributed by atoms with van der Waals surface area (Å²) in [6.45, 7) is 2.55. The quantitative estimate of drug-likeness (QED) is 0.559. The summed E-state index contributed by atoms with van der Waals surface area (Å²) in [5.74, 6) is 0. The Morgan fingerprint density at radius 1 is 1.47 bits per heavy atom. The number of carbonyl (C=O) groups is 1. The standard InChI is InChI=1S/C10H10BClO3/c1-7-6-14-11(15-7)9-4-2-8(3-5-9)10(12)13/h2-5,7H,6H2,1H3. The van der Waals surface area contributed by atoms with Crippen molar-refractivity contribution in [3.63, 3.8) is 0 Å². The minimum atomic E-state index is -0.455. The molecule has 0 spiro atoms. The van der Waals surface area contributed by atoms with Gasteiger partial charge in [-0.25, -0.2) is 0 Å². The highest BCUT2D eigenvalue weighted by Crippen LogP contribution is 2.09. The third-order valence-corrected chi connectivity index (χ3v) is 2.47. The molecule has 1 heterocycles. The zero-order valence-corrected chi connectivity index (χ0v) is 9.03. The predicted molar refractivity (Wildman–Crippen MR) is 58.5 cm³/mol. The molecule has 1 aliphatic rings. The smallest absolute Gasteiger partial charge is 0.405 e. The van der Waals surface area contributed by atoms with Crippen LogP contribution in [0.2, 0.25) is 0 Å². The van der Waals surface area contributed by atoms with Gasteiger partial charge < -0.3 is 9.31 Å². The van der Waals surface area contributed by atoms with Gasteiger partial charge in [0, 0.05) is 5.56 Å². The average Bonchev–Trinajstić information content (AvgIpc) is 2.65. The van der Waals surface area contributed by atoms with E-state index in [0.717, 1.165) is 5.46 Å². The van der Waals surface area contributed by atoms with Crippen molar-refractivity contribution in [3.8, 4) is 0 Å². The fourth-order valence-electron chi connectivity index (χ4n) is 1.46. The molecule has 0 saturated carbocycles. The first kappa shape index (κ1) is 10.7. The lowest BCUT2D eigenvalue weighted by Crippen LogP contribution is -2.32. The van der Waals surface area contributed by atoms with E-state index < -0.39 is 5.24 Å². The van der Waals surface area contributed by atoms with E-state index >= 15 is 0 Å². The molecule has 0 N–H and O–H groups in total. The normalized spacial score (nSPS) is 20.7. The van der Waals surface area contributed by atoms with E-state index in [9.17, 15) is 4.79 Å². The predicted octanol–water partition coefficient (Wildman–Crippen LogP) is 1.20. The van der Waals surface area contributed by atoms with E-state index in [4.69, 9.17) is 20.9 Å². The van der Waals surface area contributed by atoms with Gasteiger partial charge in [0.05, 0.1) is 12.7 Å². The summed E-state index contributed by atoms with van der Waals surface area (Å²) in [5, 5.41) is -0.455. The average molecular weight is 224 g/mol. The van der Waals surface area contributed by atoms with Crippen molar-refractivity contribution in [2.24, 2.45) is 0 Å². The van der Waals surface area contributed by atoms with Crippen molar-refractivity contribution in [2.75, 3.05) is 6.61 Å². The number of hydrogen-bond donors (Lipinski definition) is 0. The Morgan fingerprint density at radius 2 is 2.13 bits per heavy atom. The van der Waals surface area contributed by atoms with Gasteiger partial charge in [-0.2, -0.15) is 0 Å². The number of benzene rings is 1. The van der Waals surface area contributed by atoms with E-state index in [0.29, 0.717) is 12.2 Å².